The van der Waals surface area contributed by atoms with Crippen LogP contribution in [-0.2, 0) is 18.9 Å². The molecule has 0 saturated heterocycles. The van der Waals surface area contributed by atoms with Crippen LogP contribution in [0.1, 0.15) is 19.3 Å². The summed E-state index contributed by atoms with van der Waals surface area (Å²) in [6.45, 7) is 0. The summed E-state index contributed by atoms with van der Waals surface area (Å²) in [4.78, 5) is 10.8. The zero-order chi connectivity index (χ0) is 10.6. The smallest absolute Gasteiger partial charge is 0.415 e. The van der Waals surface area contributed by atoms with Crippen LogP contribution in [0.25, 0.3) is 0 Å². The first-order valence-corrected chi connectivity index (χ1v) is 4.55. The molecular weight excluding hydrogens is 222 g/mol. The minimum Gasteiger partial charge on any atom is -0.457 e. The molecule has 0 heterocycles. The molecule has 1 rings (SSSR count). The largest absolute Gasteiger partial charge is 0.457 e. The van der Waals surface area contributed by atoms with Crippen molar-refractivity contribution in [1.29, 1.82) is 0 Å². The van der Waals surface area contributed by atoms with Crippen molar-refractivity contribution < 1.29 is 32.9 Å². The number of carbonyl (C=O) groups excluding carboxylic acids is 1. The van der Waals surface area contributed by atoms with Crippen molar-refractivity contribution in [2.24, 2.45) is 0 Å². The fraction of sp³-hybridized carbons (Fsp3) is 0.833. The highest BCUT2D eigenvalue weighted by Crippen LogP contribution is 2.33. The zero-order valence-corrected chi connectivity index (χ0v) is 7.76. The number of halogens is 2. The summed E-state index contributed by atoms with van der Waals surface area (Å²) >= 11 is -0.617. The maximum atomic E-state index is 12.7. The van der Waals surface area contributed by atoms with Gasteiger partial charge in [0.2, 0.25) is 0 Å². The number of alkyl halides is 2. The molecule has 0 atom stereocenters. The number of hydrogen-bond acceptors (Lipinski definition) is 6. The van der Waals surface area contributed by atoms with Gasteiger partial charge in [0.1, 0.15) is 18.1 Å². The van der Waals surface area contributed by atoms with Gasteiger partial charge in [0.05, 0.1) is 0 Å². The second kappa shape index (κ2) is 4.87. The molecule has 0 amide bonds. The first-order chi connectivity index (χ1) is 6.56. The Bertz CT molecular complexity index is 208. The average Bonchev–Trinajstić information content (AvgIpc) is 2.07. The van der Waals surface area contributed by atoms with E-state index in [0.717, 1.165) is 6.42 Å². The highest BCUT2D eigenvalue weighted by Gasteiger charge is 2.45. The van der Waals surface area contributed by atoms with E-state index in [1.54, 1.807) is 0 Å². The Morgan fingerprint density at radius 3 is 2.57 bits per heavy atom. The molecule has 8 heteroatoms. The van der Waals surface area contributed by atoms with E-state index in [1.807, 2.05) is 0 Å². The van der Waals surface area contributed by atoms with Crippen LogP contribution in [0.5, 0.6) is 0 Å². The lowest BCUT2D eigenvalue weighted by atomic mass is 9.96. The third-order valence-corrected chi connectivity index (χ3v) is 2.24. The van der Waals surface area contributed by atoms with E-state index in [-0.39, 0.29) is 0 Å². The molecule has 0 radical (unpaired) electrons. The lowest BCUT2D eigenvalue weighted by Gasteiger charge is -2.26. The fourth-order valence-electron chi connectivity index (χ4n) is 0.801. The van der Waals surface area contributed by atoms with Gasteiger partial charge in [-0.25, -0.2) is 10.1 Å². The monoisotopic (exact) mass is 230 g/mol. The Balaban J connectivity index is 2.32. The second-order valence-electron chi connectivity index (χ2n) is 2.70. The van der Waals surface area contributed by atoms with Gasteiger partial charge in [-0.15, -0.1) is 4.33 Å². The Hall–Kier alpha value is -0.440. The Labute approximate surface area is 82.4 Å². The SMILES string of the molecule is O=C(OC1CCC1)C(F)(F)SOOO. The molecule has 1 fully saturated rings. The fourth-order valence-corrected chi connectivity index (χ4v) is 1.03. The van der Waals surface area contributed by atoms with Gasteiger partial charge in [0, 0.05) is 0 Å². The van der Waals surface area contributed by atoms with E-state index in [9.17, 15) is 13.6 Å². The summed E-state index contributed by atoms with van der Waals surface area (Å²) in [6.07, 6.45) is 1.64. The van der Waals surface area contributed by atoms with Gasteiger partial charge in [0.15, 0.2) is 0 Å². The molecule has 1 N–H and O–H groups in total. The molecule has 0 aromatic rings. The minimum absolute atomic E-state index is 0.427. The highest BCUT2D eigenvalue weighted by atomic mass is 32.2. The first-order valence-electron chi connectivity index (χ1n) is 3.81. The van der Waals surface area contributed by atoms with Crippen LogP contribution in [-0.4, -0.2) is 22.6 Å². The minimum atomic E-state index is -3.88. The summed E-state index contributed by atoms with van der Waals surface area (Å²) < 4.78 is 33.3. The molecule has 0 spiro atoms. The molecule has 0 unspecified atom stereocenters. The number of ether oxygens (including phenoxy) is 1. The van der Waals surface area contributed by atoms with Gasteiger partial charge in [-0.3, -0.25) is 0 Å². The van der Waals surface area contributed by atoms with Gasteiger partial charge in [-0.05, 0) is 19.3 Å². The molecule has 1 saturated carbocycles. The predicted molar refractivity (Wildman–Crippen MR) is 41.1 cm³/mol. The van der Waals surface area contributed by atoms with E-state index in [4.69, 9.17) is 5.26 Å². The number of hydrogen-bond donors (Lipinski definition) is 1. The van der Waals surface area contributed by atoms with E-state index in [2.05, 4.69) is 14.1 Å². The van der Waals surface area contributed by atoms with E-state index < -0.39 is 29.4 Å². The Kier molecular flexibility index (Phi) is 4.05. The molecule has 0 aliphatic heterocycles. The van der Waals surface area contributed by atoms with Gasteiger partial charge in [-0.2, -0.15) is 8.78 Å². The van der Waals surface area contributed by atoms with Crippen LogP contribution in [0.2, 0.25) is 0 Å². The normalized spacial score (nSPS) is 17.6. The van der Waals surface area contributed by atoms with Crippen molar-refractivity contribution in [3.05, 3.63) is 0 Å². The van der Waals surface area contributed by atoms with Crippen LogP contribution >= 0.6 is 12.0 Å². The van der Waals surface area contributed by atoms with Crippen LogP contribution < -0.4 is 0 Å². The maximum absolute atomic E-state index is 12.7. The molecule has 0 bridgehead atoms. The Morgan fingerprint density at radius 1 is 1.50 bits per heavy atom. The van der Waals surface area contributed by atoms with E-state index in [0.29, 0.717) is 12.8 Å². The van der Waals surface area contributed by atoms with Crippen molar-refractivity contribution in [3.63, 3.8) is 0 Å². The van der Waals surface area contributed by atoms with Gasteiger partial charge in [0.25, 0.3) is 0 Å². The van der Waals surface area contributed by atoms with Crippen molar-refractivity contribution in [3.8, 4) is 0 Å². The number of esters is 1. The Morgan fingerprint density at radius 2 is 2.14 bits per heavy atom. The molecule has 1 aliphatic carbocycles. The lowest BCUT2D eigenvalue weighted by Crippen LogP contribution is -2.34. The molecule has 82 valence electrons. The summed E-state index contributed by atoms with van der Waals surface area (Å²) in [5.41, 5.74) is 0. The molecule has 0 aromatic carbocycles. The van der Waals surface area contributed by atoms with Crippen LogP contribution in [0.4, 0.5) is 8.78 Å². The number of carbonyl (C=O) groups is 1. The van der Waals surface area contributed by atoms with Crippen LogP contribution in [0.3, 0.4) is 0 Å². The van der Waals surface area contributed by atoms with Crippen LogP contribution in [0, 0.1) is 0 Å². The molecular formula is C6H8F2O5S. The molecule has 14 heavy (non-hydrogen) atoms. The average molecular weight is 230 g/mol. The predicted octanol–water partition coefficient (Wildman–Crippen LogP) is 1.74. The lowest BCUT2D eigenvalue weighted by molar-refractivity contribution is -0.433. The topological polar surface area (TPSA) is 65.0 Å². The standard InChI is InChI=1S/C6H8F2O5S/c7-6(8,14-13-12-10)5(9)11-4-2-1-3-4/h4,10H,1-3H2. The quantitative estimate of drug-likeness (QED) is 0.336. The molecule has 5 nitrogen and oxygen atoms in total. The van der Waals surface area contributed by atoms with E-state index >= 15 is 0 Å². The summed E-state index contributed by atoms with van der Waals surface area (Å²) in [7, 11) is 0. The van der Waals surface area contributed by atoms with Crippen molar-refractivity contribution in [2.45, 2.75) is 30.6 Å². The summed E-state index contributed by atoms with van der Waals surface area (Å²) in [5.74, 6) is -1.69. The number of rotatable bonds is 5. The third-order valence-electron chi connectivity index (χ3n) is 1.73. The van der Waals surface area contributed by atoms with Gasteiger partial charge in [-0.1, -0.05) is 5.04 Å². The third kappa shape index (κ3) is 3.05. The summed E-state index contributed by atoms with van der Waals surface area (Å²) in [6, 6.07) is 0. The maximum Gasteiger partial charge on any atom is 0.415 e. The molecule has 1 aliphatic rings. The highest BCUT2D eigenvalue weighted by molar-refractivity contribution is 7.96. The molecule has 0 aromatic heterocycles. The van der Waals surface area contributed by atoms with E-state index in [1.165, 1.54) is 0 Å². The summed E-state index contributed by atoms with van der Waals surface area (Å²) in [5, 5.41) is 6.69. The van der Waals surface area contributed by atoms with Gasteiger partial charge >= 0.3 is 11.2 Å². The first kappa shape index (κ1) is 11.6. The van der Waals surface area contributed by atoms with Crippen LogP contribution in [0.15, 0.2) is 0 Å². The second-order valence-corrected chi connectivity index (χ2v) is 3.52. The van der Waals surface area contributed by atoms with Gasteiger partial charge < -0.3 is 4.74 Å². The van der Waals surface area contributed by atoms with Crippen molar-refractivity contribution >= 4 is 18.0 Å². The van der Waals surface area contributed by atoms with Crippen molar-refractivity contribution in [1.82, 2.24) is 0 Å². The zero-order valence-electron chi connectivity index (χ0n) is 6.94. The van der Waals surface area contributed by atoms with Crippen molar-refractivity contribution in [2.75, 3.05) is 0 Å².